The van der Waals surface area contributed by atoms with Gasteiger partial charge in [0, 0.05) is 16.9 Å². The average Bonchev–Trinajstić information content (AvgIpc) is 2.39. The summed E-state index contributed by atoms with van der Waals surface area (Å²) in [5.41, 5.74) is 1.14. The summed E-state index contributed by atoms with van der Waals surface area (Å²) in [6.07, 6.45) is 0.0339. The molecule has 0 fully saturated rings. The molecule has 1 unspecified atom stereocenters. The largest absolute Gasteiger partial charge is 0.382 e. The lowest BCUT2D eigenvalue weighted by Crippen LogP contribution is -2.13. The van der Waals surface area contributed by atoms with E-state index in [0.717, 1.165) is 15.4 Å². The van der Waals surface area contributed by atoms with Gasteiger partial charge in [0.15, 0.2) is 0 Å². The Balaban J connectivity index is 2.32. The second-order valence-corrected chi connectivity index (χ2v) is 5.14. The predicted molar refractivity (Wildman–Crippen MR) is 79.3 cm³/mol. The van der Waals surface area contributed by atoms with Crippen molar-refractivity contribution in [3.05, 3.63) is 34.3 Å². The fourth-order valence-corrected chi connectivity index (χ4v) is 2.52. The number of alkyl halides is 1. The maximum Gasteiger partial charge on any atom is 0.0933 e. The lowest BCUT2D eigenvalue weighted by Gasteiger charge is -2.17. The maximum atomic E-state index is 5.80. The van der Waals surface area contributed by atoms with Crippen LogP contribution in [0, 0.1) is 0 Å². The highest BCUT2D eigenvalue weighted by Crippen LogP contribution is 2.27. The predicted octanol–water partition coefficient (Wildman–Crippen LogP) is 3.56. The first-order valence-electron chi connectivity index (χ1n) is 5.78. The second-order valence-electron chi connectivity index (χ2n) is 3.64. The number of hydrogen-bond acceptors (Lipinski definition) is 3. The van der Waals surface area contributed by atoms with Gasteiger partial charge in [-0.2, -0.15) is 0 Å². The highest BCUT2D eigenvalue weighted by atomic mass is 79.9. The van der Waals surface area contributed by atoms with E-state index >= 15 is 0 Å². The smallest absolute Gasteiger partial charge is 0.0933 e. The minimum Gasteiger partial charge on any atom is -0.382 e. The van der Waals surface area contributed by atoms with Crippen LogP contribution in [0.3, 0.4) is 0 Å². The summed E-state index contributed by atoms with van der Waals surface area (Å²) < 4.78 is 17.1. The number of ether oxygens (including phenoxy) is 3. The monoisotopic (exact) mass is 380 g/mol. The SMILES string of the molecule is COCCOCCOC(CBr)c1ccccc1Br. The molecule has 18 heavy (non-hydrogen) atoms. The van der Waals surface area contributed by atoms with Crippen LogP contribution in [-0.2, 0) is 14.2 Å². The molecule has 0 bridgehead atoms. The van der Waals surface area contributed by atoms with Crippen molar-refractivity contribution in [1.82, 2.24) is 0 Å². The second kappa shape index (κ2) is 9.92. The molecule has 1 atom stereocenters. The third kappa shape index (κ3) is 5.80. The molecule has 0 saturated carbocycles. The van der Waals surface area contributed by atoms with E-state index < -0.39 is 0 Å². The van der Waals surface area contributed by atoms with Crippen LogP contribution in [0.5, 0.6) is 0 Å². The van der Waals surface area contributed by atoms with Gasteiger partial charge in [0.25, 0.3) is 0 Å². The summed E-state index contributed by atoms with van der Waals surface area (Å²) in [6, 6.07) is 8.08. The van der Waals surface area contributed by atoms with Gasteiger partial charge >= 0.3 is 0 Å². The molecule has 1 aromatic rings. The summed E-state index contributed by atoms with van der Waals surface area (Å²) in [7, 11) is 1.66. The van der Waals surface area contributed by atoms with Crippen LogP contribution in [-0.4, -0.2) is 38.9 Å². The van der Waals surface area contributed by atoms with Crippen LogP contribution >= 0.6 is 31.9 Å². The molecule has 102 valence electrons. The van der Waals surface area contributed by atoms with Crippen molar-refractivity contribution in [2.45, 2.75) is 6.10 Å². The molecule has 0 saturated heterocycles. The normalized spacial score (nSPS) is 12.6. The van der Waals surface area contributed by atoms with Crippen molar-refractivity contribution in [3.63, 3.8) is 0 Å². The van der Waals surface area contributed by atoms with Crippen molar-refractivity contribution in [1.29, 1.82) is 0 Å². The fraction of sp³-hybridized carbons (Fsp3) is 0.538. The van der Waals surface area contributed by atoms with Gasteiger partial charge in [-0.15, -0.1) is 0 Å². The third-order valence-corrected chi connectivity index (χ3v) is 3.68. The van der Waals surface area contributed by atoms with E-state index in [1.165, 1.54) is 0 Å². The van der Waals surface area contributed by atoms with Crippen molar-refractivity contribution in [3.8, 4) is 0 Å². The standard InChI is InChI=1S/C13H18Br2O3/c1-16-6-7-17-8-9-18-13(10-14)11-4-2-3-5-12(11)15/h2-5,13H,6-10H2,1H3. The summed E-state index contributed by atoms with van der Waals surface area (Å²) in [5.74, 6) is 0. The highest BCUT2D eigenvalue weighted by molar-refractivity contribution is 9.10. The minimum atomic E-state index is 0.0339. The lowest BCUT2D eigenvalue weighted by molar-refractivity contribution is 0.000532. The summed E-state index contributed by atoms with van der Waals surface area (Å²) in [5, 5.41) is 0.758. The number of methoxy groups -OCH3 is 1. The molecule has 0 spiro atoms. The van der Waals surface area contributed by atoms with Crippen molar-refractivity contribution >= 4 is 31.9 Å². The Labute approximate surface area is 125 Å². The molecule has 0 aliphatic rings. The minimum absolute atomic E-state index is 0.0339. The zero-order chi connectivity index (χ0) is 13.2. The van der Waals surface area contributed by atoms with Crippen LogP contribution in [0.15, 0.2) is 28.7 Å². The third-order valence-electron chi connectivity index (χ3n) is 2.37. The number of hydrogen-bond donors (Lipinski definition) is 0. The molecule has 0 aromatic heterocycles. The summed E-state index contributed by atoms with van der Waals surface area (Å²) in [6.45, 7) is 2.37. The molecule has 0 aliphatic heterocycles. The average molecular weight is 382 g/mol. The van der Waals surface area contributed by atoms with Crippen molar-refractivity contribution in [2.24, 2.45) is 0 Å². The molecule has 0 aliphatic carbocycles. The van der Waals surface area contributed by atoms with Gasteiger partial charge in [0.2, 0.25) is 0 Å². The lowest BCUT2D eigenvalue weighted by atomic mass is 10.1. The number of rotatable bonds is 9. The molecular weight excluding hydrogens is 364 g/mol. The Kier molecular flexibility index (Phi) is 8.88. The van der Waals surface area contributed by atoms with Gasteiger partial charge in [0.05, 0.1) is 32.5 Å². The van der Waals surface area contributed by atoms with Crippen LogP contribution in [0.25, 0.3) is 0 Å². The summed E-state index contributed by atoms with van der Waals surface area (Å²) >= 11 is 7.01. The molecule has 0 radical (unpaired) electrons. The van der Waals surface area contributed by atoms with Gasteiger partial charge < -0.3 is 14.2 Å². The molecule has 1 aromatic carbocycles. The van der Waals surface area contributed by atoms with Gasteiger partial charge in [-0.05, 0) is 11.6 Å². The first kappa shape index (κ1) is 16.1. The molecular formula is C13H18Br2O3. The Morgan fingerprint density at radius 1 is 1.11 bits per heavy atom. The molecule has 0 N–H and O–H groups in total. The van der Waals surface area contributed by atoms with Crippen molar-refractivity contribution < 1.29 is 14.2 Å². The van der Waals surface area contributed by atoms with Gasteiger partial charge in [-0.25, -0.2) is 0 Å². The van der Waals surface area contributed by atoms with Gasteiger partial charge in [-0.3, -0.25) is 0 Å². The quantitative estimate of drug-likeness (QED) is 0.483. The zero-order valence-corrected chi connectivity index (χ0v) is 13.6. The molecule has 3 nitrogen and oxygen atoms in total. The maximum absolute atomic E-state index is 5.80. The van der Waals surface area contributed by atoms with Crippen molar-refractivity contribution in [2.75, 3.05) is 38.9 Å². The van der Waals surface area contributed by atoms with E-state index in [1.54, 1.807) is 7.11 Å². The Hall–Kier alpha value is 0.0600. The van der Waals surface area contributed by atoms with Crippen LogP contribution in [0.1, 0.15) is 11.7 Å². The Morgan fingerprint density at radius 2 is 1.83 bits per heavy atom. The highest BCUT2D eigenvalue weighted by Gasteiger charge is 2.13. The van der Waals surface area contributed by atoms with Crippen LogP contribution in [0.4, 0.5) is 0 Å². The first-order chi connectivity index (χ1) is 8.79. The Bertz CT molecular complexity index is 334. The van der Waals surface area contributed by atoms with E-state index in [2.05, 4.69) is 37.9 Å². The number of halogens is 2. The molecule has 1 rings (SSSR count). The first-order valence-corrected chi connectivity index (χ1v) is 7.69. The molecule has 0 heterocycles. The van der Waals surface area contributed by atoms with Gasteiger partial charge in [0.1, 0.15) is 0 Å². The van der Waals surface area contributed by atoms with Gasteiger partial charge in [-0.1, -0.05) is 50.1 Å². The number of benzene rings is 1. The van der Waals surface area contributed by atoms with E-state index in [9.17, 15) is 0 Å². The molecule has 5 heteroatoms. The van der Waals surface area contributed by atoms with E-state index in [-0.39, 0.29) is 6.10 Å². The van der Waals surface area contributed by atoms with E-state index in [1.807, 2.05) is 18.2 Å². The van der Waals surface area contributed by atoms with Crippen LogP contribution in [0.2, 0.25) is 0 Å². The fourth-order valence-electron chi connectivity index (χ4n) is 1.45. The Morgan fingerprint density at radius 3 is 2.50 bits per heavy atom. The van der Waals surface area contributed by atoms with E-state index in [4.69, 9.17) is 14.2 Å². The molecule has 0 amide bonds. The summed E-state index contributed by atoms with van der Waals surface area (Å²) in [4.78, 5) is 0. The van der Waals surface area contributed by atoms with Crippen LogP contribution < -0.4 is 0 Å². The van der Waals surface area contributed by atoms with E-state index in [0.29, 0.717) is 26.4 Å². The zero-order valence-electron chi connectivity index (χ0n) is 10.4. The topological polar surface area (TPSA) is 27.7 Å².